The smallest absolute Gasteiger partial charge is 0.330 e. The molecule has 1 aromatic carbocycles. The third-order valence-corrected chi connectivity index (χ3v) is 4.38. The summed E-state index contributed by atoms with van der Waals surface area (Å²) in [6, 6.07) is 8.50. The van der Waals surface area contributed by atoms with E-state index in [1.807, 2.05) is 18.2 Å². The van der Waals surface area contributed by atoms with E-state index < -0.39 is 5.97 Å². The number of allylic oxidation sites excluding steroid dienone is 5. The molecular weight excluding hydrogens is 329 g/mol. The Morgan fingerprint density at radius 1 is 1.19 bits per heavy atom. The molecule has 0 fully saturated rings. The Morgan fingerprint density at radius 2 is 1.88 bits per heavy atom. The van der Waals surface area contributed by atoms with E-state index in [9.17, 15) is 9.18 Å². The molecule has 0 amide bonds. The minimum Gasteiger partial charge on any atom is -0.466 e. The van der Waals surface area contributed by atoms with Crippen molar-refractivity contribution >= 4 is 22.4 Å². The summed E-state index contributed by atoms with van der Waals surface area (Å²) in [5.74, 6) is -0.786. The number of benzene rings is 1. The molecule has 0 aliphatic heterocycles. The number of rotatable bonds is 5. The Labute approximate surface area is 154 Å². The number of aromatic nitrogens is 1. The highest BCUT2D eigenvalue weighted by atomic mass is 19.1. The summed E-state index contributed by atoms with van der Waals surface area (Å²) in [5.41, 5.74) is 4.37. The normalized spacial score (nSPS) is 13.6. The van der Waals surface area contributed by atoms with Crippen molar-refractivity contribution in [1.82, 2.24) is 4.57 Å². The summed E-state index contributed by atoms with van der Waals surface area (Å²) < 4.78 is 21.3. The molecule has 0 aliphatic rings. The van der Waals surface area contributed by atoms with Crippen LogP contribution in [0.3, 0.4) is 0 Å². The van der Waals surface area contributed by atoms with Crippen LogP contribution in [0, 0.1) is 6.92 Å². The van der Waals surface area contributed by atoms with Gasteiger partial charge in [-0.3, -0.25) is 0 Å². The molecule has 0 saturated carbocycles. The standard InChI is InChI=1S/C22H26FNO2/c1-14(2)24-16(4)12-19-13-18(8-10-21(19)24)17(5)20(23)9-7-15(3)11-22(25)26-6/h7-14H,1-6H3/b9-7+,15-11+,20-17+. The fraction of sp³-hybridized carbons (Fsp3) is 0.318. The number of halogens is 1. The second-order valence-corrected chi connectivity index (χ2v) is 6.74. The van der Waals surface area contributed by atoms with Crippen molar-refractivity contribution in [2.24, 2.45) is 0 Å². The lowest BCUT2D eigenvalue weighted by molar-refractivity contribution is -0.134. The van der Waals surface area contributed by atoms with Gasteiger partial charge in [-0.2, -0.15) is 0 Å². The van der Waals surface area contributed by atoms with E-state index in [2.05, 4.69) is 36.1 Å². The zero-order valence-electron chi connectivity index (χ0n) is 16.3. The van der Waals surface area contributed by atoms with Crippen LogP contribution in [0.2, 0.25) is 0 Å². The van der Waals surface area contributed by atoms with Crippen molar-refractivity contribution < 1.29 is 13.9 Å². The molecule has 0 atom stereocenters. The topological polar surface area (TPSA) is 31.2 Å². The Morgan fingerprint density at radius 3 is 2.50 bits per heavy atom. The van der Waals surface area contributed by atoms with Gasteiger partial charge >= 0.3 is 5.97 Å². The molecule has 0 bridgehead atoms. The first-order valence-electron chi connectivity index (χ1n) is 8.67. The van der Waals surface area contributed by atoms with Crippen LogP contribution in [0.15, 0.2) is 53.9 Å². The Balaban J connectivity index is 2.36. The number of nitrogens with zero attached hydrogens (tertiary/aromatic N) is 1. The quantitative estimate of drug-likeness (QED) is 0.379. The third-order valence-electron chi connectivity index (χ3n) is 4.38. The molecule has 0 aliphatic carbocycles. The number of fused-ring (bicyclic) bond motifs is 1. The van der Waals surface area contributed by atoms with Gasteiger partial charge in [-0.1, -0.05) is 12.1 Å². The second-order valence-electron chi connectivity index (χ2n) is 6.74. The van der Waals surface area contributed by atoms with E-state index >= 15 is 0 Å². The number of aryl methyl sites for hydroxylation is 1. The maximum atomic E-state index is 14.5. The van der Waals surface area contributed by atoms with Gasteiger partial charge in [-0.05, 0) is 75.6 Å². The van der Waals surface area contributed by atoms with Gasteiger partial charge in [-0.15, -0.1) is 0 Å². The number of hydrogen-bond donors (Lipinski definition) is 0. The SMILES string of the molecule is COC(=O)/C=C(C)/C=C/C(F)=C(/C)c1ccc2c(c1)cc(C)n2C(C)C. The molecule has 26 heavy (non-hydrogen) atoms. The van der Waals surface area contributed by atoms with Crippen LogP contribution in [0.5, 0.6) is 0 Å². The first kappa shape index (κ1) is 19.7. The van der Waals surface area contributed by atoms with Crippen molar-refractivity contribution in [1.29, 1.82) is 0 Å². The molecule has 0 saturated heterocycles. The van der Waals surface area contributed by atoms with Crippen molar-refractivity contribution in [3.63, 3.8) is 0 Å². The highest BCUT2D eigenvalue weighted by Crippen LogP contribution is 2.28. The monoisotopic (exact) mass is 355 g/mol. The van der Waals surface area contributed by atoms with Crippen molar-refractivity contribution in [3.05, 3.63) is 65.2 Å². The molecule has 1 heterocycles. The Bertz CT molecular complexity index is 914. The number of esters is 1. The highest BCUT2D eigenvalue weighted by molar-refractivity contribution is 5.86. The fourth-order valence-electron chi connectivity index (χ4n) is 3.05. The van der Waals surface area contributed by atoms with Gasteiger partial charge in [0.15, 0.2) is 0 Å². The number of carbonyl (C=O) groups excluding carboxylic acids is 1. The van der Waals surface area contributed by atoms with Crippen LogP contribution >= 0.6 is 0 Å². The molecule has 0 unspecified atom stereocenters. The molecule has 0 spiro atoms. The lowest BCUT2D eigenvalue weighted by atomic mass is 10.0. The zero-order chi connectivity index (χ0) is 19.4. The summed E-state index contributed by atoms with van der Waals surface area (Å²) in [6.45, 7) is 9.87. The molecule has 4 heteroatoms. The molecule has 0 radical (unpaired) electrons. The van der Waals surface area contributed by atoms with E-state index in [4.69, 9.17) is 0 Å². The third kappa shape index (κ3) is 4.31. The maximum Gasteiger partial charge on any atom is 0.330 e. The fourth-order valence-corrected chi connectivity index (χ4v) is 3.05. The Hall–Kier alpha value is -2.62. The first-order valence-corrected chi connectivity index (χ1v) is 8.67. The predicted molar refractivity (Wildman–Crippen MR) is 106 cm³/mol. The van der Waals surface area contributed by atoms with Gasteiger partial charge in [0.1, 0.15) is 5.83 Å². The maximum absolute atomic E-state index is 14.5. The minimum absolute atomic E-state index is 0.332. The minimum atomic E-state index is -0.455. The lowest BCUT2D eigenvalue weighted by Gasteiger charge is -2.12. The summed E-state index contributed by atoms with van der Waals surface area (Å²) >= 11 is 0. The van der Waals surface area contributed by atoms with Crippen LogP contribution in [0.1, 0.15) is 45.0 Å². The molecule has 138 valence electrons. The van der Waals surface area contributed by atoms with Gasteiger partial charge in [-0.25, -0.2) is 9.18 Å². The zero-order valence-corrected chi connectivity index (χ0v) is 16.3. The molecule has 3 nitrogen and oxygen atoms in total. The van der Waals surface area contributed by atoms with Crippen LogP contribution in [0.25, 0.3) is 16.5 Å². The van der Waals surface area contributed by atoms with Gasteiger partial charge < -0.3 is 9.30 Å². The van der Waals surface area contributed by atoms with Crippen molar-refractivity contribution in [2.45, 2.75) is 40.7 Å². The molecular formula is C22H26FNO2. The first-order chi connectivity index (χ1) is 12.2. The van der Waals surface area contributed by atoms with Crippen molar-refractivity contribution in [2.75, 3.05) is 7.11 Å². The number of ether oxygens (including phenoxy) is 1. The van der Waals surface area contributed by atoms with Crippen LogP contribution in [-0.2, 0) is 9.53 Å². The lowest BCUT2D eigenvalue weighted by Crippen LogP contribution is -2.01. The molecule has 2 rings (SSSR count). The number of methoxy groups -OCH3 is 1. The van der Waals surface area contributed by atoms with Crippen LogP contribution in [-0.4, -0.2) is 17.6 Å². The number of hydrogen-bond acceptors (Lipinski definition) is 2. The van der Waals surface area contributed by atoms with Gasteiger partial charge in [0.2, 0.25) is 0 Å². The second kappa shape index (κ2) is 8.17. The highest BCUT2D eigenvalue weighted by Gasteiger charge is 2.10. The summed E-state index contributed by atoms with van der Waals surface area (Å²) in [7, 11) is 1.31. The predicted octanol–water partition coefficient (Wildman–Crippen LogP) is 5.91. The van der Waals surface area contributed by atoms with E-state index in [0.29, 0.717) is 17.2 Å². The van der Waals surface area contributed by atoms with E-state index in [1.165, 1.54) is 25.0 Å². The molecule has 2 aromatic rings. The van der Waals surface area contributed by atoms with Crippen molar-refractivity contribution in [3.8, 4) is 0 Å². The van der Waals surface area contributed by atoms with E-state index in [-0.39, 0.29) is 5.83 Å². The largest absolute Gasteiger partial charge is 0.466 e. The van der Waals surface area contributed by atoms with Crippen LogP contribution < -0.4 is 0 Å². The average Bonchev–Trinajstić information content (AvgIpc) is 2.93. The Kier molecular flexibility index (Phi) is 6.19. The summed E-state index contributed by atoms with van der Waals surface area (Å²) in [4.78, 5) is 11.2. The molecule has 0 N–H and O–H groups in total. The van der Waals surface area contributed by atoms with Crippen LogP contribution in [0.4, 0.5) is 4.39 Å². The number of carbonyl (C=O) groups is 1. The average molecular weight is 355 g/mol. The summed E-state index contributed by atoms with van der Waals surface area (Å²) in [5, 5.41) is 1.10. The summed E-state index contributed by atoms with van der Waals surface area (Å²) in [6.07, 6.45) is 4.26. The molecule has 1 aromatic heterocycles. The van der Waals surface area contributed by atoms with Gasteiger partial charge in [0, 0.05) is 28.7 Å². The van der Waals surface area contributed by atoms with E-state index in [0.717, 1.165) is 16.5 Å². The van der Waals surface area contributed by atoms with Gasteiger partial charge in [0.05, 0.1) is 7.11 Å². The van der Waals surface area contributed by atoms with E-state index in [1.54, 1.807) is 19.9 Å². The van der Waals surface area contributed by atoms with Gasteiger partial charge in [0.25, 0.3) is 0 Å².